The Balaban J connectivity index is 1.55. The van der Waals surface area contributed by atoms with E-state index in [-0.39, 0.29) is 11.8 Å². The van der Waals surface area contributed by atoms with Gasteiger partial charge < -0.3 is 9.15 Å². The smallest absolute Gasteiger partial charge is 0.198 e. The lowest BCUT2D eigenvalue weighted by Gasteiger charge is -2.50. The van der Waals surface area contributed by atoms with Crippen molar-refractivity contribution in [3.8, 4) is 5.75 Å². The number of ether oxygens (including phenoxy) is 1. The Morgan fingerprint density at radius 2 is 1.96 bits per heavy atom. The Labute approximate surface area is 154 Å². The summed E-state index contributed by atoms with van der Waals surface area (Å²) in [7, 11) is 0. The molecule has 1 aromatic carbocycles. The average Bonchev–Trinajstić information content (AvgIpc) is 3.30. The van der Waals surface area contributed by atoms with Gasteiger partial charge in [-0.15, -0.1) is 0 Å². The number of furan rings is 1. The van der Waals surface area contributed by atoms with Gasteiger partial charge in [0.2, 0.25) is 0 Å². The minimum atomic E-state index is -0.298. The van der Waals surface area contributed by atoms with E-state index in [0.717, 1.165) is 48.2 Å². The molecule has 0 unspecified atom stereocenters. The van der Waals surface area contributed by atoms with Crippen molar-refractivity contribution in [2.24, 2.45) is 11.0 Å². The first-order chi connectivity index (χ1) is 12.7. The van der Waals surface area contributed by atoms with Crippen molar-refractivity contribution < 1.29 is 9.15 Å². The van der Waals surface area contributed by atoms with Crippen LogP contribution in [0.4, 0.5) is 0 Å². The van der Waals surface area contributed by atoms with Crippen molar-refractivity contribution >= 4 is 5.71 Å². The summed E-state index contributed by atoms with van der Waals surface area (Å²) in [5, 5.41) is 7.32. The zero-order valence-electron chi connectivity index (χ0n) is 15.6. The minimum Gasteiger partial charge on any atom is -0.466 e. The fourth-order valence-corrected chi connectivity index (χ4v) is 4.83. The first-order valence-electron chi connectivity index (χ1n) is 9.90. The SMILES string of the molecule is CCC1CCC2(CC1)Oc1ccccc1[C@H]1CC(c3ccc(C)o3)=NN12. The summed E-state index contributed by atoms with van der Waals surface area (Å²) in [4.78, 5) is 0. The number of hydrogen-bond donors (Lipinski definition) is 0. The molecule has 3 aliphatic rings. The van der Waals surface area contributed by atoms with Crippen LogP contribution in [0.2, 0.25) is 0 Å². The van der Waals surface area contributed by atoms with Crippen LogP contribution in [0.1, 0.15) is 68.6 Å². The molecule has 5 rings (SSSR count). The topological polar surface area (TPSA) is 38.0 Å². The lowest BCUT2D eigenvalue weighted by Crippen LogP contribution is -2.55. The second-order valence-corrected chi connectivity index (χ2v) is 7.96. The number of hydrogen-bond acceptors (Lipinski definition) is 4. The van der Waals surface area contributed by atoms with E-state index in [2.05, 4.69) is 36.2 Å². The van der Waals surface area contributed by atoms with Gasteiger partial charge in [0.1, 0.15) is 23.0 Å². The maximum absolute atomic E-state index is 6.64. The third-order valence-electron chi connectivity index (χ3n) is 6.39. The van der Waals surface area contributed by atoms with Gasteiger partial charge in [0.15, 0.2) is 5.72 Å². The van der Waals surface area contributed by atoms with Gasteiger partial charge in [-0.05, 0) is 43.9 Å². The molecule has 1 spiro atoms. The Kier molecular flexibility index (Phi) is 3.63. The van der Waals surface area contributed by atoms with Crippen LogP contribution in [-0.4, -0.2) is 16.4 Å². The summed E-state index contributed by atoms with van der Waals surface area (Å²) < 4.78 is 12.5. The normalized spacial score (nSPS) is 29.9. The zero-order chi connectivity index (χ0) is 17.7. The lowest BCUT2D eigenvalue weighted by atomic mass is 9.80. The van der Waals surface area contributed by atoms with Gasteiger partial charge in [-0.1, -0.05) is 31.5 Å². The van der Waals surface area contributed by atoms with E-state index in [1.807, 2.05) is 19.1 Å². The molecule has 136 valence electrons. The van der Waals surface area contributed by atoms with Gasteiger partial charge in [-0.2, -0.15) is 5.10 Å². The largest absolute Gasteiger partial charge is 0.466 e. The molecule has 1 aromatic heterocycles. The third kappa shape index (κ3) is 2.38. The van der Waals surface area contributed by atoms with Crippen molar-refractivity contribution in [1.29, 1.82) is 0 Å². The van der Waals surface area contributed by atoms with Crippen molar-refractivity contribution in [2.75, 3.05) is 0 Å². The van der Waals surface area contributed by atoms with Crippen LogP contribution in [0.15, 0.2) is 45.9 Å². The van der Waals surface area contributed by atoms with Gasteiger partial charge in [0.25, 0.3) is 0 Å². The second kappa shape index (κ2) is 5.90. The Morgan fingerprint density at radius 3 is 2.69 bits per heavy atom. The zero-order valence-corrected chi connectivity index (χ0v) is 15.6. The molecule has 1 atom stereocenters. The van der Waals surface area contributed by atoms with Crippen molar-refractivity contribution in [3.63, 3.8) is 0 Å². The van der Waals surface area contributed by atoms with Gasteiger partial charge in [0.05, 0.1) is 6.04 Å². The molecule has 0 saturated heterocycles. The fraction of sp³-hybridized carbons (Fsp3) is 0.500. The molecule has 0 amide bonds. The Hall–Kier alpha value is -2.23. The van der Waals surface area contributed by atoms with E-state index in [1.54, 1.807) is 0 Å². The molecule has 0 radical (unpaired) electrons. The van der Waals surface area contributed by atoms with Gasteiger partial charge in [-0.25, -0.2) is 5.01 Å². The van der Waals surface area contributed by atoms with Crippen LogP contribution in [0, 0.1) is 12.8 Å². The van der Waals surface area contributed by atoms with Crippen molar-refractivity contribution in [1.82, 2.24) is 5.01 Å². The van der Waals surface area contributed by atoms with Crippen LogP contribution in [0.5, 0.6) is 5.75 Å². The number of benzene rings is 1. The van der Waals surface area contributed by atoms with E-state index in [4.69, 9.17) is 14.3 Å². The van der Waals surface area contributed by atoms with E-state index < -0.39 is 0 Å². The van der Waals surface area contributed by atoms with Crippen LogP contribution >= 0.6 is 0 Å². The maximum Gasteiger partial charge on any atom is 0.198 e. The highest BCUT2D eigenvalue weighted by Crippen LogP contribution is 2.52. The summed E-state index contributed by atoms with van der Waals surface area (Å²) >= 11 is 0. The highest BCUT2D eigenvalue weighted by molar-refractivity contribution is 5.99. The molecule has 0 N–H and O–H groups in total. The second-order valence-electron chi connectivity index (χ2n) is 7.96. The highest BCUT2D eigenvalue weighted by Gasteiger charge is 2.51. The first-order valence-corrected chi connectivity index (χ1v) is 9.90. The Morgan fingerprint density at radius 1 is 1.15 bits per heavy atom. The monoisotopic (exact) mass is 350 g/mol. The van der Waals surface area contributed by atoms with Gasteiger partial charge in [-0.3, -0.25) is 0 Å². The summed E-state index contributed by atoms with van der Waals surface area (Å²) in [6.07, 6.45) is 6.66. The highest BCUT2D eigenvalue weighted by atomic mass is 16.5. The number of aryl methyl sites for hydroxylation is 1. The number of nitrogens with zero attached hydrogens (tertiary/aromatic N) is 2. The van der Waals surface area contributed by atoms with E-state index in [9.17, 15) is 0 Å². The summed E-state index contributed by atoms with van der Waals surface area (Å²) in [6.45, 7) is 4.28. The molecule has 2 aromatic rings. The molecular weight excluding hydrogens is 324 g/mol. The molecular formula is C22H26N2O2. The molecule has 1 aliphatic carbocycles. The molecule has 2 aliphatic heterocycles. The van der Waals surface area contributed by atoms with Crippen LogP contribution in [-0.2, 0) is 0 Å². The lowest BCUT2D eigenvalue weighted by molar-refractivity contribution is -0.146. The third-order valence-corrected chi connectivity index (χ3v) is 6.39. The summed E-state index contributed by atoms with van der Waals surface area (Å²) in [6, 6.07) is 12.8. The van der Waals surface area contributed by atoms with Crippen molar-refractivity contribution in [2.45, 2.75) is 64.1 Å². The Bertz CT molecular complexity index is 845. The molecule has 4 nitrogen and oxygen atoms in total. The van der Waals surface area contributed by atoms with E-state index in [1.165, 1.54) is 24.8 Å². The predicted octanol–water partition coefficient (Wildman–Crippen LogP) is 5.43. The van der Waals surface area contributed by atoms with Crippen LogP contribution in [0.3, 0.4) is 0 Å². The number of para-hydroxylation sites is 1. The molecule has 26 heavy (non-hydrogen) atoms. The summed E-state index contributed by atoms with van der Waals surface area (Å²) in [5.74, 6) is 3.68. The summed E-state index contributed by atoms with van der Waals surface area (Å²) in [5.41, 5.74) is 1.99. The molecule has 3 heterocycles. The first kappa shape index (κ1) is 16.0. The van der Waals surface area contributed by atoms with E-state index in [0.29, 0.717) is 0 Å². The minimum absolute atomic E-state index is 0.249. The molecule has 4 heteroatoms. The van der Waals surface area contributed by atoms with E-state index >= 15 is 0 Å². The molecule has 1 fully saturated rings. The number of rotatable bonds is 2. The molecule has 0 bridgehead atoms. The van der Waals surface area contributed by atoms with Gasteiger partial charge in [0, 0.05) is 24.8 Å². The van der Waals surface area contributed by atoms with Crippen LogP contribution in [0.25, 0.3) is 0 Å². The fourth-order valence-electron chi connectivity index (χ4n) is 4.83. The molecule has 1 saturated carbocycles. The maximum atomic E-state index is 6.64. The average molecular weight is 350 g/mol. The quantitative estimate of drug-likeness (QED) is 0.725. The van der Waals surface area contributed by atoms with Crippen molar-refractivity contribution in [3.05, 3.63) is 53.5 Å². The standard InChI is InChI=1S/C22H26N2O2/c1-3-16-10-12-22(13-11-16)24-19(17-6-4-5-7-20(17)26-22)14-18(23-24)21-9-8-15(2)25-21/h4-9,16,19H,3,10-14H2,1-2H3/t16?,19-,22?/m1/s1. The predicted molar refractivity (Wildman–Crippen MR) is 101 cm³/mol. The number of hydrazone groups is 1. The number of fused-ring (bicyclic) bond motifs is 4. The van der Waals surface area contributed by atoms with Crippen LogP contribution < -0.4 is 4.74 Å². The van der Waals surface area contributed by atoms with Gasteiger partial charge >= 0.3 is 0 Å².